The van der Waals surface area contributed by atoms with Crippen LogP contribution in [-0.4, -0.2) is 25.6 Å². The van der Waals surface area contributed by atoms with E-state index in [-0.39, 0.29) is 17.3 Å². The average molecular weight is 428 g/mol. The van der Waals surface area contributed by atoms with Gasteiger partial charge in [0.1, 0.15) is 12.4 Å². The van der Waals surface area contributed by atoms with E-state index in [1.54, 1.807) is 18.2 Å². The first kappa shape index (κ1) is 19.2. The summed E-state index contributed by atoms with van der Waals surface area (Å²) in [5.74, 6) is 0.369. The fourth-order valence-electron chi connectivity index (χ4n) is 2.67. The summed E-state index contributed by atoms with van der Waals surface area (Å²) in [6.45, 7) is 0.181. The summed E-state index contributed by atoms with van der Waals surface area (Å²) in [4.78, 5) is 17.2. The Labute approximate surface area is 170 Å². The lowest BCUT2D eigenvalue weighted by Crippen LogP contribution is -2.13. The van der Waals surface area contributed by atoms with Crippen LogP contribution < -0.4 is 10.1 Å². The number of furan rings is 1. The molecule has 0 unspecified atom stereocenters. The number of ether oxygens (including phenoxy) is 1. The molecule has 29 heavy (non-hydrogen) atoms. The predicted molar refractivity (Wildman–Crippen MR) is 110 cm³/mol. The molecule has 7 nitrogen and oxygen atoms in total. The van der Waals surface area contributed by atoms with Gasteiger partial charge in [0, 0.05) is 11.8 Å². The number of nitrogens with zero attached hydrogens (tertiary/aromatic N) is 1. The molecule has 0 fully saturated rings. The Morgan fingerprint density at radius 3 is 2.72 bits per heavy atom. The Morgan fingerprint density at radius 2 is 1.97 bits per heavy atom. The van der Waals surface area contributed by atoms with Gasteiger partial charge in [-0.3, -0.25) is 10.1 Å². The van der Waals surface area contributed by atoms with Gasteiger partial charge in [-0.05, 0) is 36.4 Å². The summed E-state index contributed by atoms with van der Waals surface area (Å²) < 4.78 is 35.1. The van der Waals surface area contributed by atoms with Crippen LogP contribution in [0.1, 0.15) is 16.1 Å². The molecule has 0 aliphatic rings. The molecule has 0 radical (unpaired) electrons. The van der Waals surface area contributed by atoms with Gasteiger partial charge in [0.15, 0.2) is 20.7 Å². The maximum atomic E-state index is 12.6. The van der Waals surface area contributed by atoms with Crippen LogP contribution in [0, 0.1) is 0 Å². The molecule has 2 heterocycles. The van der Waals surface area contributed by atoms with Crippen LogP contribution in [0.4, 0.5) is 5.13 Å². The maximum absolute atomic E-state index is 12.6. The molecule has 0 aliphatic carbocycles. The monoisotopic (exact) mass is 428 g/mol. The number of thiazole rings is 1. The molecule has 2 aromatic heterocycles. The van der Waals surface area contributed by atoms with Gasteiger partial charge in [0.05, 0.1) is 21.4 Å². The van der Waals surface area contributed by atoms with Crippen LogP contribution in [0.2, 0.25) is 0 Å². The molecule has 0 saturated heterocycles. The zero-order valence-electron chi connectivity index (χ0n) is 15.3. The second-order valence-electron chi connectivity index (χ2n) is 6.25. The van der Waals surface area contributed by atoms with E-state index in [9.17, 15) is 13.2 Å². The maximum Gasteiger partial charge on any atom is 0.293 e. The molecule has 9 heteroatoms. The van der Waals surface area contributed by atoms with E-state index in [1.807, 2.05) is 30.3 Å². The van der Waals surface area contributed by atoms with Crippen molar-refractivity contribution in [1.29, 1.82) is 0 Å². The highest BCUT2D eigenvalue weighted by molar-refractivity contribution is 7.90. The van der Waals surface area contributed by atoms with Gasteiger partial charge in [-0.2, -0.15) is 0 Å². The van der Waals surface area contributed by atoms with Crippen LogP contribution in [0.3, 0.4) is 0 Å². The lowest BCUT2D eigenvalue weighted by molar-refractivity contribution is 0.0993. The summed E-state index contributed by atoms with van der Waals surface area (Å²) in [6.07, 6.45) is 2.57. The molecule has 1 N–H and O–H groups in total. The number of carbonyl (C=O) groups is 1. The molecule has 0 saturated carbocycles. The van der Waals surface area contributed by atoms with E-state index < -0.39 is 15.7 Å². The first-order chi connectivity index (χ1) is 13.9. The Balaban J connectivity index is 1.50. The topological polar surface area (TPSA) is 98.5 Å². The van der Waals surface area contributed by atoms with E-state index in [1.165, 1.54) is 23.7 Å². The third-order valence-corrected chi connectivity index (χ3v) is 6.14. The van der Waals surface area contributed by atoms with Gasteiger partial charge in [0.25, 0.3) is 5.91 Å². The van der Waals surface area contributed by atoms with E-state index >= 15 is 0 Å². The van der Waals surface area contributed by atoms with Gasteiger partial charge < -0.3 is 9.15 Å². The van der Waals surface area contributed by atoms with Crippen molar-refractivity contribution in [1.82, 2.24) is 4.98 Å². The summed E-state index contributed by atoms with van der Waals surface area (Å²) in [5.41, 5.74) is 1.21. The van der Waals surface area contributed by atoms with Crippen molar-refractivity contribution in [2.24, 2.45) is 0 Å². The van der Waals surface area contributed by atoms with E-state index in [0.717, 1.165) is 6.26 Å². The summed E-state index contributed by atoms with van der Waals surface area (Å²) in [5, 5.41) is 3.05. The lowest BCUT2D eigenvalue weighted by atomic mass is 10.2. The SMILES string of the molecule is CS(=O)(=O)c1ccc2nc(NC(=O)c3occc3COc3ccccc3)sc2c1. The highest BCUT2D eigenvalue weighted by atomic mass is 32.2. The Bertz CT molecular complexity index is 1280. The molecule has 2 aromatic carbocycles. The minimum absolute atomic E-state index is 0.136. The van der Waals surface area contributed by atoms with Gasteiger partial charge in [0.2, 0.25) is 0 Å². The number of fused-ring (bicyclic) bond motifs is 1. The number of hydrogen-bond donors (Lipinski definition) is 1. The van der Waals surface area contributed by atoms with Gasteiger partial charge in [-0.25, -0.2) is 13.4 Å². The third-order valence-electron chi connectivity index (χ3n) is 4.10. The lowest BCUT2D eigenvalue weighted by Gasteiger charge is -2.06. The second kappa shape index (κ2) is 7.69. The number of sulfone groups is 1. The van der Waals surface area contributed by atoms with Crippen molar-refractivity contribution < 1.29 is 22.4 Å². The van der Waals surface area contributed by atoms with Crippen molar-refractivity contribution in [2.75, 3.05) is 11.6 Å². The molecule has 0 spiro atoms. The van der Waals surface area contributed by atoms with Crippen molar-refractivity contribution in [3.05, 3.63) is 72.2 Å². The van der Waals surface area contributed by atoms with Crippen LogP contribution in [0.25, 0.3) is 10.2 Å². The minimum atomic E-state index is -3.32. The zero-order valence-corrected chi connectivity index (χ0v) is 16.9. The Hall–Kier alpha value is -3.17. The molecule has 1 amide bonds. The highest BCUT2D eigenvalue weighted by Crippen LogP contribution is 2.29. The molecular formula is C20H16N2O5S2. The molecule has 4 rings (SSSR count). The standard InChI is InChI=1S/C20H16N2O5S2/c1-29(24,25)15-7-8-16-17(11-15)28-20(21-16)22-19(23)18-13(9-10-26-18)12-27-14-5-3-2-4-6-14/h2-11H,12H2,1H3,(H,21,22,23). The second-order valence-corrected chi connectivity index (χ2v) is 9.30. The molecule has 0 aliphatic heterocycles. The quantitative estimate of drug-likeness (QED) is 0.496. The predicted octanol–water partition coefficient (Wildman–Crippen LogP) is 4.12. The fourth-order valence-corrected chi connectivity index (χ4v) is 4.29. The van der Waals surface area contributed by atoms with Crippen LogP contribution in [0.15, 0.2) is 70.2 Å². The number of benzene rings is 2. The summed E-state index contributed by atoms with van der Waals surface area (Å²) in [6, 6.07) is 15.6. The van der Waals surface area contributed by atoms with E-state index in [4.69, 9.17) is 9.15 Å². The average Bonchev–Trinajstić information content (AvgIpc) is 3.32. The van der Waals surface area contributed by atoms with Crippen molar-refractivity contribution in [2.45, 2.75) is 11.5 Å². The van der Waals surface area contributed by atoms with Crippen LogP contribution in [-0.2, 0) is 16.4 Å². The molecule has 0 atom stereocenters. The smallest absolute Gasteiger partial charge is 0.293 e. The summed E-state index contributed by atoms with van der Waals surface area (Å²) in [7, 11) is -3.32. The first-order valence-electron chi connectivity index (χ1n) is 8.56. The van der Waals surface area contributed by atoms with Crippen LogP contribution >= 0.6 is 11.3 Å². The number of aromatic nitrogens is 1. The molecule has 4 aromatic rings. The third kappa shape index (κ3) is 4.30. The van der Waals surface area contributed by atoms with Crippen molar-refractivity contribution in [3.63, 3.8) is 0 Å². The zero-order chi connectivity index (χ0) is 20.4. The normalized spacial score (nSPS) is 11.5. The minimum Gasteiger partial charge on any atom is -0.489 e. The highest BCUT2D eigenvalue weighted by Gasteiger charge is 2.18. The van der Waals surface area contributed by atoms with E-state index in [0.29, 0.717) is 26.7 Å². The van der Waals surface area contributed by atoms with Crippen molar-refractivity contribution >= 4 is 42.4 Å². The van der Waals surface area contributed by atoms with Gasteiger partial charge in [-0.15, -0.1) is 0 Å². The van der Waals surface area contributed by atoms with Crippen LogP contribution in [0.5, 0.6) is 5.75 Å². The molecule has 148 valence electrons. The number of hydrogen-bond acceptors (Lipinski definition) is 7. The number of rotatable bonds is 6. The molecular weight excluding hydrogens is 412 g/mol. The number of carbonyl (C=O) groups excluding carboxylic acids is 1. The number of nitrogens with one attached hydrogen (secondary N) is 1. The largest absolute Gasteiger partial charge is 0.489 e. The fraction of sp³-hybridized carbons (Fsp3) is 0.100. The first-order valence-corrected chi connectivity index (χ1v) is 11.3. The summed E-state index contributed by atoms with van der Waals surface area (Å²) >= 11 is 1.19. The van der Waals surface area contributed by atoms with Crippen molar-refractivity contribution in [3.8, 4) is 5.75 Å². The number of para-hydroxylation sites is 1. The van der Waals surface area contributed by atoms with Gasteiger partial charge >= 0.3 is 0 Å². The Morgan fingerprint density at radius 1 is 1.17 bits per heavy atom. The number of amides is 1. The Kier molecular flexibility index (Phi) is 5.08. The van der Waals surface area contributed by atoms with E-state index in [2.05, 4.69) is 10.3 Å². The molecule has 0 bridgehead atoms. The van der Waals surface area contributed by atoms with Gasteiger partial charge in [-0.1, -0.05) is 29.5 Å². The number of anilines is 1.